The van der Waals surface area contributed by atoms with Crippen LogP contribution >= 0.6 is 0 Å². The molecule has 0 aliphatic carbocycles. The maximum Gasteiger partial charge on any atom is 0.333 e. The van der Waals surface area contributed by atoms with E-state index < -0.39 is 0 Å². The van der Waals surface area contributed by atoms with Crippen LogP contribution in [0.15, 0.2) is 11.6 Å². The highest BCUT2D eigenvalue weighted by atomic mass is 16.5. The van der Waals surface area contributed by atoms with Gasteiger partial charge in [0.1, 0.15) is 0 Å². The molecule has 0 spiro atoms. The molecule has 0 unspecified atom stereocenters. The Bertz CT molecular complexity index is 346. The lowest BCUT2D eigenvalue weighted by atomic mass is 10.1. The molecule has 0 aromatic carbocycles. The average molecular weight is 381 g/mol. The fourth-order valence-electron chi connectivity index (χ4n) is 3.37. The summed E-state index contributed by atoms with van der Waals surface area (Å²) in [6, 6.07) is 0. The topological polar surface area (TPSA) is 26.3 Å². The molecule has 0 fully saturated rings. The molecule has 0 heterocycles. The van der Waals surface area contributed by atoms with Crippen molar-refractivity contribution in [2.24, 2.45) is 0 Å². The highest BCUT2D eigenvalue weighted by Crippen LogP contribution is 2.12. The second-order valence-corrected chi connectivity index (χ2v) is 8.12. The number of ether oxygens (including phenoxy) is 1. The van der Waals surface area contributed by atoms with Crippen LogP contribution in [0.25, 0.3) is 0 Å². The van der Waals surface area contributed by atoms with Gasteiger partial charge in [0.15, 0.2) is 0 Å². The van der Waals surface area contributed by atoms with Gasteiger partial charge in [-0.15, -0.1) is 0 Å². The Hall–Kier alpha value is -0.790. The van der Waals surface area contributed by atoms with Crippen molar-refractivity contribution in [1.82, 2.24) is 0 Å². The summed E-state index contributed by atoms with van der Waals surface area (Å²) in [5.74, 6) is -0.118. The summed E-state index contributed by atoms with van der Waals surface area (Å²) in [5.41, 5.74) is 0.784. The Morgan fingerprint density at radius 2 is 1.04 bits per heavy atom. The number of carbonyl (C=O) groups excluding carboxylic acids is 1. The van der Waals surface area contributed by atoms with Gasteiger partial charge in [0.2, 0.25) is 0 Å². The van der Waals surface area contributed by atoms with Crippen molar-refractivity contribution in [2.75, 3.05) is 6.61 Å². The number of allylic oxidation sites excluding steroid dienone is 1. The van der Waals surface area contributed by atoms with Crippen LogP contribution in [-0.4, -0.2) is 12.6 Å². The third kappa shape index (κ3) is 19.8. The molecule has 0 aliphatic rings. The first-order chi connectivity index (χ1) is 13.2. The van der Waals surface area contributed by atoms with Gasteiger partial charge in [-0.05, 0) is 26.2 Å². The molecular weight excluding hydrogens is 332 g/mol. The molecule has 0 rings (SSSR count). The first-order valence-corrected chi connectivity index (χ1v) is 12.1. The van der Waals surface area contributed by atoms with Crippen molar-refractivity contribution in [1.29, 1.82) is 0 Å². The normalized spacial score (nSPS) is 11.7. The number of esters is 1. The molecule has 0 N–H and O–H groups in total. The maximum absolute atomic E-state index is 11.9. The van der Waals surface area contributed by atoms with E-state index in [4.69, 9.17) is 4.74 Å². The molecule has 0 saturated heterocycles. The van der Waals surface area contributed by atoms with Crippen LogP contribution in [0.5, 0.6) is 0 Å². The Kier molecular flexibility index (Phi) is 20.9. The highest BCUT2D eigenvalue weighted by Gasteiger charge is 2.04. The van der Waals surface area contributed by atoms with Gasteiger partial charge in [-0.2, -0.15) is 0 Å². The summed E-state index contributed by atoms with van der Waals surface area (Å²) in [4.78, 5) is 11.9. The van der Waals surface area contributed by atoms with Gasteiger partial charge in [0.05, 0.1) is 6.61 Å². The van der Waals surface area contributed by atoms with E-state index >= 15 is 0 Å². The first-order valence-electron chi connectivity index (χ1n) is 12.1. The number of carbonyl (C=O) groups is 1. The van der Waals surface area contributed by atoms with Gasteiger partial charge in [-0.1, -0.05) is 116 Å². The Labute approximate surface area is 170 Å². The second-order valence-electron chi connectivity index (χ2n) is 8.12. The third-order valence-electron chi connectivity index (χ3n) is 5.31. The van der Waals surface area contributed by atoms with Crippen molar-refractivity contribution in [3.8, 4) is 0 Å². The summed E-state index contributed by atoms with van der Waals surface area (Å²) in [7, 11) is 0. The molecule has 0 aromatic heterocycles. The van der Waals surface area contributed by atoms with E-state index in [2.05, 4.69) is 19.9 Å². The molecule has 0 atom stereocenters. The standard InChI is InChI=1S/C25H48O2/c1-4-6-8-10-12-13-14-15-17-19-21-23-27-25(26)24(3)22-20-18-16-11-9-7-5-2/h22H,4-21,23H2,1-3H3. The lowest BCUT2D eigenvalue weighted by Gasteiger charge is -2.06. The largest absolute Gasteiger partial charge is 0.462 e. The summed E-state index contributed by atoms with van der Waals surface area (Å²) < 4.78 is 5.39. The maximum atomic E-state index is 11.9. The Balaban J connectivity index is 3.40. The zero-order chi connectivity index (χ0) is 20.0. The molecule has 0 aromatic rings. The minimum absolute atomic E-state index is 0.118. The van der Waals surface area contributed by atoms with Gasteiger partial charge in [0, 0.05) is 5.57 Å². The number of hydrogen-bond acceptors (Lipinski definition) is 2. The molecule has 160 valence electrons. The minimum atomic E-state index is -0.118. The van der Waals surface area contributed by atoms with E-state index in [1.165, 1.54) is 103 Å². The number of unbranched alkanes of at least 4 members (excludes halogenated alkanes) is 16. The van der Waals surface area contributed by atoms with E-state index in [1.54, 1.807) is 0 Å². The summed E-state index contributed by atoms with van der Waals surface area (Å²) >= 11 is 0. The van der Waals surface area contributed by atoms with Gasteiger partial charge in [-0.3, -0.25) is 0 Å². The van der Waals surface area contributed by atoms with E-state index in [9.17, 15) is 4.79 Å². The van der Waals surface area contributed by atoms with Crippen molar-refractivity contribution in [3.05, 3.63) is 11.6 Å². The molecule has 27 heavy (non-hydrogen) atoms. The van der Waals surface area contributed by atoms with Crippen LogP contribution < -0.4 is 0 Å². The molecule has 0 radical (unpaired) electrons. The first kappa shape index (κ1) is 26.2. The molecule has 0 aliphatic heterocycles. The predicted molar refractivity (Wildman–Crippen MR) is 119 cm³/mol. The van der Waals surface area contributed by atoms with Crippen LogP contribution in [0.4, 0.5) is 0 Å². The van der Waals surface area contributed by atoms with E-state index in [1.807, 2.05) is 6.92 Å². The fraction of sp³-hybridized carbons (Fsp3) is 0.880. The molecule has 2 heteroatoms. The monoisotopic (exact) mass is 380 g/mol. The highest BCUT2D eigenvalue weighted by molar-refractivity contribution is 5.87. The molecule has 0 amide bonds. The van der Waals surface area contributed by atoms with Crippen molar-refractivity contribution in [2.45, 2.75) is 136 Å². The van der Waals surface area contributed by atoms with Crippen LogP contribution in [0.2, 0.25) is 0 Å². The molecular formula is C25H48O2. The van der Waals surface area contributed by atoms with Gasteiger partial charge < -0.3 is 4.74 Å². The Morgan fingerprint density at radius 3 is 1.52 bits per heavy atom. The van der Waals surface area contributed by atoms with E-state index in [-0.39, 0.29) is 5.97 Å². The molecule has 0 saturated carbocycles. The van der Waals surface area contributed by atoms with Crippen LogP contribution in [0, 0.1) is 0 Å². The quantitative estimate of drug-likeness (QED) is 0.120. The fourth-order valence-corrected chi connectivity index (χ4v) is 3.37. The number of hydrogen-bond donors (Lipinski definition) is 0. The van der Waals surface area contributed by atoms with Crippen molar-refractivity contribution < 1.29 is 9.53 Å². The zero-order valence-electron chi connectivity index (χ0n) is 18.8. The summed E-state index contributed by atoms with van der Waals surface area (Å²) in [6.45, 7) is 6.98. The van der Waals surface area contributed by atoms with E-state index in [0.717, 1.165) is 18.4 Å². The Morgan fingerprint density at radius 1 is 0.630 bits per heavy atom. The zero-order valence-corrected chi connectivity index (χ0v) is 18.8. The summed E-state index contributed by atoms with van der Waals surface area (Å²) in [6.07, 6.45) is 25.4. The van der Waals surface area contributed by atoms with Gasteiger partial charge in [0.25, 0.3) is 0 Å². The molecule has 2 nitrogen and oxygen atoms in total. The lowest BCUT2D eigenvalue weighted by Crippen LogP contribution is -2.07. The van der Waals surface area contributed by atoms with E-state index in [0.29, 0.717) is 6.61 Å². The average Bonchev–Trinajstić information content (AvgIpc) is 2.67. The third-order valence-corrected chi connectivity index (χ3v) is 5.31. The molecule has 0 bridgehead atoms. The number of rotatable bonds is 20. The van der Waals surface area contributed by atoms with Gasteiger partial charge >= 0.3 is 5.97 Å². The van der Waals surface area contributed by atoms with Crippen LogP contribution in [0.3, 0.4) is 0 Å². The SMILES string of the molecule is CCCCCCCCC=C(C)C(=O)OCCCCCCCCCCCCC. The summed E-state index contributed by atoms with van der Waals surface area (Å²) in [5, 5.41) is 0. The predicted octanol–water partition coefficient (Wildman–Crippen LogP) is 8.54. The van der Waals surface area contributed by atoms with Gasteiger partial charge in [-0.25, -0.2) is 4.79 Å². The van der Waals surface area contributed by atoms with Crippen molar-refractivity contribution in [3.63, 3.8) is 0 Å². The van der Waals surface area contributed by atoms with Crippen molar-refractivity contribution >= 4 is 5.97 Å². The van der Waals surface area contributed by atoms with Crippen LogP contribution in [0.1, 0.15) is 136 Å². The second kappa shape index (κ2) is 21.5. The minimum Gasteiger partial charge on any atom is -0.462 e. The lowest BCUT2D eigenvalue weighted by molar-refractivity contribution is -0.139. The smallest absolute Gasteiger partial charge is 0.333 e. The van der Waals surface area contributed by atoms with Crippen LogP contribution in [-0.2, 0) is 9.53 Å².